The summed E-state index contributed by atoms with van der Waals surface area (Å²) in [6, 6.07) is 9.82. The number of ether oxygens (including phenoxy) is 1. The Labute approximate surface area is 141 Å². The average Bonchev–Trinajstić information content (AvgIpc) is 2.61. The zero-order chi connectivity index (χ0) is 17.7. The van der Waals surface area contributed by atoms with Gasteiger partial charge in [-0.25, -0.2) is 15.0 Å². The van der Waals surface area contributed by atoms with Gasteiger partial charge in [0.2, 0.25) is 5.88 Å². The van der Waals surface area contributed by atoms with Gasteiger partial charge in [0, 0.05) is 24.2 Å². The van der Waals surface area contributed by atoms with Gasteiger partial charge < -0.3 is 10.1 Å². The summed E-state index contributed by atoms with van der Waals surface area (Å²) in [6.45, 7) is 0.927. The number of hydrogen-bond acceptors (Lipinski definition) is 5. The van der Waals surface area contributed by atoms with E-state index in [0.29, 0.717) is 19.6 Å². The second-order valence-electron chi connectivity index (χ2n) is 5.25. The van der Waals surface area contributed by atoms with Crippen molar-refractivity contribution < 1.29 is 17.9 Å². The minimum absolute atomic E-state index is 0.167. The number of nitrogens with zero attached hydrogens (tertiary/aromatic N) is 3. The molecule has 0 saturated carbocycles. The molecule has 5 nitrogen and oxygen atoms in total. The van der Waals surface area contributed by atoms with E-state index < -0.39 is 11.7 Å². The van der Waals surface area contributed by atoms with E-state index in [1.165, 1.54) is 12.4 Å². The van der Waals surface area contributed by atoms with Crippen LogP contribution >= 0.6 is 0 Å². The molecule has 1 N–H and O–H groups in total. The predicted molar refractivity (Wildman–Crippen MR) is 87.4 cm³/mol. The van der Waals surface area contributed by atoms with E-state index in [-0.39, 0.29) is 5.88 Å². The summed E-state index contributed by atoms with van der Waals surface area (Å²) in [4.78, 5) is 12.1. The molecule has 0 amide bonds. The van der Waals surface area contributed by atoms with Gasteiger partial charge in [0.15, 0.2) is 0 Å². The highest BCUT2D eigenvalue weighted by Gasteiger charge is 2.30. The van der Waals surface area contributed by atoms with Crippen molar-refractivity contribution in [3.05, 3.63) is 54.5 Å². The van der Waals surface area contributed by atoms with Crippen molar-refractivity contribution in [3.8, 4) is 5.88 Å². The molecular formula is C17H15F3N4O. The van der Waals surface area contributed by atoms with Gasteiger partial charge in [-0.1, -0.05) is 12.1 Å². The third-order valence-corrected chi connectivity index (χ3v) is 3.47. The maximum Gasteiger partial charge on any atom is 0.417 e. The van der Waals surface area contributed by atoms with Crippen LogP contribution in [0.3, 0.4) is 0 Å². The number of fused-ring (bicyclic) bond motifs is 1. The zero-order valence-electron chi connectivity index (χ0n) is 13.1. The second-order valence-corrected chi connectivity index (χ2v) is 5.25. The largest absolute Gasteiger partial charge is 0.478 e. The normalized spacial score (nSPS) is 11.5. The monoisotopic (exact) mass is 348 g/mol. The first-order valence-corrected chi connectivity index (χ1v) is 7.64. The van der Waals surface area contributed by atoms with Crippen molar-refractivity contribution in [1.82, 2.24) is 15.0 Å². The van der Waals surface area contributed by atoms with Crippen molar-refractivity contribution in [2.24, 2.45) is 0 Å². The molecule has 0 atom stereocenters. The van der Waals surface area contributed by atoms with Gasteiger partial charge in [-0.05, 0) is 24.6 Å². The van der Waals surface area contributed by atoms with Gasteiger partial charge in [0.05, 0.1) is 17.7 Å². The summed E-state index contributed by atoms with van der Waals surface area (Å²) < 4.78 is 42.7. The maximum absolute atomic E-state index is 12.4. The van der Waals surface area contributed by atoms with Crippen molar-refractivity contribution >= 4 is 16.7 Å². The lowest BCUT2D eigenvalue weighted by Gasteiger charge is -2.10. The zero-order valence-corrected chi connectivity index (χ0v) is 13.1. The lowest BCUT2D eigenvalue weighted by molar-refractivity contribution is -0.137. The summed E-state index contributed by atoms with van der Waals surface area (Å²) in [5.41, 5.74) is 0.0577. The van der Waals surface area contributed by atoms with E-state index in [1.54, 1.807) is 0 Å². The number of hydrogen-bond donors (Lipinski definition) is 1. The molecule has 0 fully saturated rings. The first-order chi connectivity index (χ1) is 12.0. The van der Waals surface area contributed by atoms with Crippen molar-refractivity contribution in [2.75, 3.05) is 18.5 Å². The fraction of sp³-hybridized carbons (Fsp3) is 0.235. The van der Waals surface area contributed by atoms with E-state index in [4.69, 9.17) is 4.74 Å². The molecular weight excluding hydrogens is 333 g/mol. The number of nitrogens with one attached hydrogen (secondary N) is 1. The highest BCUT2D eigenvalue weighted by Crippen LogP contribution is 2.29. The Hall–Kier alpha value is -2.90. The summed E-state index contributed by atoms with van der Waals surface area (Å²) >= 11 is 0. The van der Waals surface area contributed by atoms with Gasteiger partial charge in [-0.2, -0.15) is 13.2 Å². The number of anilines is 1. The summed E-state index contributed by atoms with van der Waals surface area (Å²) in [6.07, 6.45) is -1.50. The van der Waals surface area contributed by atoms with Crippen LogP contribution in [0.25, 0.3) is 10.9 Å². The molecule has 0 saturated heterocycles. The summed E-state index contributed by atoms with van der Waals surface area (Å²) in [5.74, 6) is 0.902. The minimum atomic E-state index is -4.39. The quantitative estimate of drug-likeness (QED) is 0.684. The van der Waals surface area contributed by atoms with E-state index in [1.807, 2.05) is 24.3 Å². The van der Waals surface area contributed by atoms with Crippen LogP contribution in [0.15, 0.2) is 48.9 Å². The number of pyridine rings is 1. The Bertz CT molecular complexity index is 832. The molecule has 0 bridgehead atoms. The van der Waals surface area contributed by atoms with Gasteiger partial charge in [-0.15, -0.1) is 0 Å². The molecule has 0 radical (unpaired) electrons. The van der Waals surface area contributed by atoms with E-state index in [2.05, 4.69) is 20.3 Å². The van der Waals surface area contributed by atoms with Gasteiger partial charge >= 0.3 is 6.18 Å². The number of para-hydroxylation sites is 1. The fourth-order valence-corrected chi connectivity index (χ4v) is 2.23. The first kappa shape index (κ1) is 16.9. The van der Waals surface area contributed by atoms with Crippen LogP contribution in [0.4, 0.5) is 19.0 Å². The van der Waals surface area contributed by atoms with Crippen LogP contribution in [-0.4, -0.2) is 28.1 Å². The van der Waals surface area contributed by atoms with Crippen LogP contribution in [0.5, 0.6) is 5.88 Å². The van der Waals surface area contributed by atoms with Crippen molar-refractivity contribution in [3.63, 3.8) is 0 Å². The Balaban J connectivity index is 1.47. The van der Waals surface area contributed by atoms with Crippen LogP contribution in [0, 0.1) is 0 Å². The second kappa shape index (κ2) is 7.33. The molecule has 0 aliphatic rings. The number of aromatic nitrogens is 3. The van der Waals surface area contributed by atoms with E-state index in [0.717, 1.165) is 29.0 Å². The van der Waals surface area contributed by atoms with Crippen molar-refractivity contribution in [1.29, 1.82) is 0 Å². The van der Waals surface area contributed by atoms with Gasteiger partial charge in [0.1, 0.15) is 12.1 Å². The Morgan fingerprint density at radius 1 is 1.00 bits per heavy atom. The fourth-order valence-electron chi connectivity index (χ4n) is 2.23. The summed E-state index contributed by atoms with van der Waals surface area (Å²) in [5, 5.41) is 4.13. The van der Waals surface area contributed by atoms with Crippen LogP contribution in [0.1, 0.15) is 12.0 Å². The Morgan fingerprint density at radius 3 is 2.60 bits per heavy atom. The maximum atomic E-state index is 12.4. The standard InChI is InChI=1S/C17H15F3N4O/c18-17(19,20)12-6-7-15(22-10-12)25-9-3-8-21-16-13-4-1-2-5-14(13)23-11-24-16/h1-2,4-7,10-11H,3,8-9H2,(H,21,23,24). The lowest BCUT2D eigenvalue weighted by Crippen LogP contribution is -2.10. The molecule has 2 aromatic heterocycles. The lowest BCUT2D eigenvalue weighted by atomic mass is 10.2. The van der Waals surface area contributed by atoms with Gasteiger partial charge in [-0.3, -0.25) is 0 Å². The topological polar surface area (TPSA) is 59.9 Å². The SMILES string of the molecule is FC(F)(F)c1ccc(OCCCNc2ncnc3ccccc23)nc1. The van der Waals surface area contributed by atoms with E-state index >= 15 is 0 Å². The molecule has 0 unspecified atom stereocenters. The molecule has 130 valence electrons. The Morgan fingerprint density at radius 2 is 1.84 bits per heavy atom. The van der Waals surface area contributed by atoms with E-state index in [9.17, 15) is 13.2 Å². The highest BCUT2D eigenvalue weighted by atomic mass is 19.4. The van der Waals surface area contributed by atoms with Crippen LogP contribution < -0.4 is 10.1 Å². The predicted octanol–water partition coefficient (Wildman–Crippen LogP) is 3.92. The molecule has 0 aliphatic heterocycles. The van der Waals surface area contributed by atoms with Crippen LogP contribution in [-0.2, 0) is 6.18 Å². The third kappa shape index (κ3) is 4.34. The van der Waals surface area contributed by atoms with Crippen molar-refractivity contribution in [2.45, 2.75) is 12.6 Å². The molecule has 8 heteroatoms. The molecule has 25 heavy (non-hydrogen) atoms. The molecule has 2 heterocycles. The summed E-state index contributed by atoms with van der Waals surface area (Å²) in [7, 11) is 0. The highest BCUT2D eigenvalue weighted by molar-refractivity contribution is 5.88. The average molecular weight is 348 g/mol. The first-order valence-electron chi connectivity index (χ1n) is 7.64. The number of alkyl halides is 3. The van der Waals surface area contributed by atoms with Crippen LogP contribution in [0.2, 0.25) is 0 Å². The van der Waals surface area contributed by atoms with Gasteiger partial charge in [0.25, 0.3) is 0 Å². The molecule has 3 rings (SSSR count). The number of rotatable bonds is 6. The minimum Gasteiger partial charge on any atom is -0.478 e. The molecule has 0 spiro atoms. The third-order valence-electron chi connectivity index (χ3n) is 3.47. The smallest absolute Gasteiger partial charge is 0.417 e. The number of benzene rings is 1. The number of halogens is 3. The molecule has 0 aliphatic carbocycles. The molecule has 3 aromatic rings. The Kier molecular flexibility index (Phi) is 4.97. The molecule has 1 aromatic carbocycles.